The molecule has 9 heteroatoms. The molecule has 2 heterocycles. The Labute approximate surface area is 169 Å². The smallest absolute Gasteiger partial charge is 0.307 e. The van der Waals surface area contributed by atoms with E-state index < -0.39 is 12.0 Å². The molecule has 0 fully saturated rings. The molecule has 0 aliphatic heterocycles. The summed E-state index contributed by atoms with van der Waals surface area (Å²) in [5, 5.41) is 4.68. The summed E-state index contributed by atoms with van der Waals surface area (Å²) in [6.45, 7) is 0. The number of hydrogen-bond acceptors (Lipinski definition) is 7. The lowest BCUT2D eigenvalue weighted by molar-refractivity contribution is -0.141. The van der Waals surface area contributed by atoms with Crippen LogP contribution in [0.15, 0.2) is 52.8 Å². The Morgan fingerprint density at radius 1 is 1.32 bits per heavy atom. The Kier molecular flexibility index (Phi) is 6.83. The van der Waals surface area contributed by atoms with Crippen molar-refractivity contribution in [1.82, 2.24) is 14.7 Å². The summed E-state index contributed by atoms with van der Waals surface area (Å²) in [5.41, 5.74) is 1.34. The molecule has 0 spiro atoms. The molecule has 0 aliphatic rings. The van der Waals surface area contributed by atoms with E-state index in [2.05, 4.69) is 10.3 Å². The van der Waals surface area contributed by atoms with E-state index in [1.165, 1.54) is 40.7 Å². The lowest BCUT2D eigenvalue weighted by atomic mass is 10.0. The number of carbonyl (C=O) groups is 2. The van der Waals surface area contributed by atoms with Crippen LogP contribution in [0.2, 0.25) is 0 Å². The average Bonchev–Trinajstić information content (AvgIpc) is 3.17. The van der Waals surface area contributed by atoms with Crippen molar-refractivity contribution in [3.05, 3.63) is 69.6 Å². The lowest BCUT2D eigenvalue weighted by Gasteiger charge is -2.18. The largest absolute Gasteiger partial charge is 0.469 e. The molecule has 0 radical (unpaired) electrons. The zero-order chi connectivity index (χ0) is 19.9. The molecule has 0 aliphatic carbocycles. The van der Waals surface area contributed by atoms with Crippen LogP contribution in [0.4, 0.5) is 0 Å². The number of nitrogens with one attached hydrogen (secondary N) is 1. The summed E-state index contributed by atoms with van der Waals surface area (Å²) < 4.78 is 6.22. The van der Waals surface area contributed by atoms with Gasteiger partial charge in [-0.25, -0.2) is 4.98 Å². The minimum Gasteiger partial charge on any atom is -0.469 e. The second kappa shape index (κ2) is 9.52. The quantitative estimate of drug-likeness (QED) is 0.566. The Bertz CT molecular complexity index is 1020. The van der Waals surface area contributed by atoms with Gasteiger partial charge in [0.2, 0.25) is 5.91 Å². The number of ether oxygens (including phenoxy) is 1. The third kappa shape index (κ3) is 5.20. The van der Waals surface area contributed by atoms with Gasteiger partial charge in [0.05, 0.1) is 31.0 Å². The summed E-state index contributed by atoms with van der Waals surface area (Å²) in [4.78, 5) is 41.1. The van der Waals surface area contributed by atoms with E-state index in [-0.39, 0.29) is 23.6 Å². The van der Waals surface area contributed by atoms with E-state index in [9.17, 15) is 14.4 Å². The van der Waals surface area contributed by atoms with Gasteiger partial charge in [-0.2, -0.15) is 0 Å². The van der Waals surface area contributed by atoms with Gasteiger partial charge in [0.1, 0.15) is 0 Å². The van der Waals surface area contributed by atoms with E-state index in [1.807, 2.05) is 30.3 Å². The zero-order valence-electron chi connectivity index (χ0n) is 15.2. The molecule has 1 atom stereocenters. The number of esters is 1. The van der Waals surface area contributed by atoms with Crippen LogP contribution in [0, 0.1) is 0 Å². The third-order valence-electron chi connectivity index (χ3n) is 3.97. The Balaban J connectivity index is 1.58. The Morgan fingerprint density at radius 2 is 2.11 bits per heavy atom. The van der Waals surface area contributed by atoms with Crippen molar-refractivity contribution in [2.45, 2.75) is 18.2 Å². The summed E-state index contributed by atoms with van der Waals surface area (Å²) in [6.07, 6.45) is 1.75. The van der Waals surface area contributed by atoms with E-state index in [0.717, 1.165) is 5.56 Å². The minimum atomic E-state index is -0.452. The minimum absolute atomic E-state index is 0.0598. The van der Waals surface area contributed by atoms with E-state index in [0.29, 0.717) is 16.4 Å². The van der Waals surface area contributed by atoms with Crippen molar-refractivity contribution < 1.29 is 14.3 Å². The van der Waals surface area contributed by atoms with Gasteiger partial charge < -0.3 is 10.1 Å². The second-order valence-electron chi connectivity index (χ2n) is 5.95. The molecule has 1 aromatic carbocycles. The molecule has 3 rings (SSSR count). The van der Waals surface area contributed by atoms with Gasteiger partial charge in [-0.1, -0.05) is 30.3 Å². The number of fused-ring (bicyclic) bond motifs is 1. The highest BCUT2D eigenvalue weighted by Crippen LogP contribution is 2.18. The first kappa shape index (κ1) is 20.1. The van der Waals surface area contributed by atoms with Crippen LogP contribution in [0.3, 0.4) is 0 Å². The molecular weight excluding hydrogens is 398 g/mol. The monoisotopic (exact) mass is 417 g/mol. The van der Waals surface area contributed by atoms with Crippen LogP contribution in [-0.4, -0.2) is 34.1 Å². The molecule has 146 valence electrons. The maximum Gasteiger partial charge on any atom is 0.307 e. The standard InChI is InChI=1S/C19H19N3O4S2/c1-26-18(25)10-15(13-5-3-2-4-6-13)21-16(23)12-27-11-14-9-17(24)22-7-8-28-19(22)20-14/h2-9,15H,10-12H2,1H3,(H,21,23). The Morgan fingerprint density at radius 3 is 2.86 bits per heavy atom. The van der Waals surface area contributed by atoms with E-state index >= 15 is 0 Å². The normalized spacial score (nSPS) is 11.9. The van der Waals surface area contributed by atoms with Crippen molar-refractivity contribution in [2.24, 2.45) is 0 Å². The number of rotatable bonds is 8. The van der Waals surface area contributed by atoms with Crippen molar-refractivity contribution in [3.8, 4) is 0 Å². The van der Waals surface area contributed by atoms with Gasteiger partial charge in [-0.15, -0.1) is 23.1 Å². The fourth-order valence-corrected chi connectivity index (χ4v) is 4.10. The number of amides is 1. The maximum atomic E-state index is 12.4. The summed E-state index contributed by atoms with van der Waals surface area (Å²) in [6, 6.07) is 10.3. The molecule has 1 N–H and O–H groups in total. The van der Waals surface area contributed by atoms with Gasteiger partial charge >= 0.3 is 5.97 Å². The molecular formula is C19H19N3O4S2. The van der Waals surface area contributed by atoms with Crippen LogP contribution in [0.25, 0.3) is 4.96 Å². The highest BCUT2D eigenvalue weighted by molar-refractivity contribution is 7.99. The average molecular weight is 418 g/mol. The molecule has 0 saturated carbocycles. The van der Waals surface area contributed by atoms with Crippen molar-refractivity contribution in [2.75, 3.05) is 12.9 Å². The molecule has 1 unspecified atom stereocenters. The number of carbonyl (C=O) groups excluding carboxylic acids is 2. The fourth-order valence-electron chi connectivity index (χ4n) is 2.63. The molecule has 28 heavy (non-hydrogen) atoms. The highest BCUT2D eigenvalue weighted by Gasteiger charge is 2.18. The van der Waals surface area contributed by atoms with Gasteiger partial charge in [-0.05, 0) is 5.56 Å². The van der Waals surface area contributed by atoms with Gasteiger partial charge in [0, 0.05) is 23.4 Å². The number of nitrogens with zero attached hydrogens (tertiary/aromatic N) is 2. The van der Waals surface area contributed by atoms with Crippen LogP contribution in [0.5, 0.6) is 0 Å². The summed E-state index contributed by atoms with van der Waals surface area (Å²) in [5.74, 6) is 0.0486. The number of thiazole rings is 1. The predicted molar refractivity (Wildman–Crippen MR) is 109 cm³/mol. The summed E-state index contributed by atoms with van der Waals surface area (Å²) >= 11 is 2.75. The van der Waals surface area contributed by atoms with Crippen LogP contribution < -0.4 is 10.9 Å². The van der Waals surface area contributed by atoms with Crippen LogP contribution in [0.1, 0.15) is 23.7 Å². The number of thioether (sulfide) groups is 1. The van der Waals surface area contributed by atoms with Gasteiger partial charge in [-0.3, -0.25) is 18.8 Å². The van der Waals surface area contributed by atoms with Crippen LogP contribution >= 0.6 is 23.1 Å². The predicted octanol–water partition coefficient (Wildman–Crippen LogP) is 2.41. The summed E-state index contributed by atoms with van der Waals surface area (Å²) in [7, 11) is 1.32. The molecule has 7 nitrogen and oxygen atoms in total. The number of hydrogen-bond donors (Lipinski definition) is 1. The molecule has 0 bridgehead atoms. The fraction of sp³-hybridized carbons (Fsp3) is 0.263. The first-order chi connectivity index (χ1) is 13.6. The maximum absolute atomic E-state index is 12.4. The molecule has 0 saturated heterocycles. The van der Waals surface area contributed by atoms with Gasteiger partial charge in [0.25, 0.3) is 5.56 Å². The van der Waals surface area contributed by atoms with Crippen LogP contribution in [-0.2, 0) is 20.1 Å². The number of methoxy groups -OCH3 is 1. The second-order valence-corrected chi connectivity index (χ2v) is 7.80. The lowest BCUT2D eigenvalue weighted by Crippen LogP contribution is -2.31. The first-order valence-electron chi connectivity index (χ1n) is 8.51. The van der Waals surface area contributed by atoms with E-state index in [4.69, 9.17) is 4.74 Å². The molecule has 1 amide bonds. The first-order valence-corrected chi connectivity index (χ1v) is 10.5. The topological polar surface area (TPSA) is 89.8 Å². The van der Waals surface area contributed by atoms with Crippen molar-refractivity contribution in [3.63, 3.8) is 0 Å². The van der Waals surface area contributed by atoms with E-state index in [1.54, 1.807) is 11.6 Å². The number of aromatic nitrogens is 2. The zero-order valence-corrected chi connectivity index (χ0v) is 16.8. The Hall–Kier alpha value is -2.65. The highest BCUT2D eigenvalue weighted by atomic mass is 32.2. The SMILES string of the molecule is COC(=O)CC(NC(=O)CSCc1cc(=O)n2ccsc2n1)c1ccccc1. The van der Waals surface area contributed by atoms with Crippen molar-refractivity contribution in [1.29, 1.82) is 0 Å². The van der Waals surface area contributed by atoms with Gasteiger partial charge in [0.15, 0.2) is 4.96 Å². The van der Waals surface area contributed by atoms with Crippen molar-refractivity contribution >= 4 is 39.9 Å². The third-order valence-corrected chi connectivity index (χ3v) is 5.70. The molecule has 2 aromatic heterocycles. The number of benzene rings is 1. The molecule has 3 aromatic rings.